The topological polar surface area (TPSA) is 335 Å². The van der Waals surface area contributed by atoms with Crippen LogP contribution in [0.4, 0.5) is 15.3 Å². The van der Waals surface area contributed by atoms with E-state index in [0.717, 1.165) is 44.0 Å². The molecular weight excluding hydrogens is 1280 g/mol. The van der Waals surface area contributed by atoms with Crippen LogP contribution in [-0.2, 0) is 85.3 Å². The van der Waals surface area contributed by atoms with Crippen LogP contribution in [0, 0.1) is 35.8 Å². The van der Waals surface area contributed by atoms with E-state index in [9.17, 15) is 51.5 Å². The lowest BCUT2D eigenvalue weighted by Crippen LogP contribution is -2.52. The normalized spacial score (nSPS) is 22.5. The van der Waals surface area contributed by atoms with E-state index in [1.54, 1.807) is 24.3 Å². The third kappa shape index (κ3) is 21.0. The standard InChI is InChI=1S/C29H38N2O9S.C24H32N2O6S.C13H13NO7/c1-20-7-9-23(10-8-20)41(34,35)31(40-22-11-14-36-15-12-22)18-26(32)25(17-21-5-3-2-4-6-21)30-29(33)39-27-19-38-28-24(27)13-16-37-28;1-18-8-10-22(11-9-18)33(29,30)26(32-21-12-14-31-15-13-21)17-24(28)23(25-19(2)27)16-20-6-4-3-5-7-20;15-13(20-9-3-1-8(2-4-9)14(16)17)21-11-7-19-12-10(11)5-6-18-12/h2-10,22,24-28,32H,11-19H2,1H3,(H,30,33);3-11,21,23-24,28H,12-17H2,1-2H3,(H,25,27);1-4,10-12H,5-7H2/t24-,25-,26+,27?,28+;23-,24+;10-,11?,12+/m000/s1. The summed E-state index contributed by atoms with van der Waals surface area (Å²) in [5, 5.41) is 38.5. The summed E-state index contributed by atoms with van der Waals surface area (Å²) >= 11 is 0. The van der Waals surface area contributed by atoms with E-state index >= 15 is 0 Å². The molecule has 6 fully saturated rings. The highest BCUT2D eigenvalue weighted by molar-refractivity contribution is 7.89. The number of carbonyl (C=O) groups excluding carboxylic acids is 3. The van der Waals surface area contributed by atoms with E-state index in [2.05, 4.69) is 10.6 Å². The van der Waals surface area contributed by atoms with Gasteiger partial charge in [0.25, 0.3) is 25.7 Å². The van der Waals surface area contributed by atoms with Crippen molar-refractivity contribution in [2.75, 3.05) is 65.9 Å². The van der Waals surface area contributed by atoms with Crippen molar-refractivity contribution in [1.29, 1.82) is 0 Å². The second-order valence-corrected chi connectivity index (χ2v) is 27.4. The Morgan fingerprint density at radius 1 is 0.568 bits per heavy atom. The molecule has 6 heterocycles. The summed E-state index contributed by atoms with van der Waals surface area (Å²) < 4.78 is 104. The lowest BCUT2D eigenvalue weighted by Gasteiger charge is -2.32. The molecule has 0 aliphatic carbocycles. The third-order valence-corrected chi connectivity index (χ3v) is 19.9. The van der Waals surface area contributed by atoms with Crippen molar-refractivity contribution in [3.8, 4) is 5.75 Å². The van der Waals surface area contributed by atoms with Crippen LogP contribution in [0.15, 0.2) is 143 Å². The summed E-state index contributed by atoms with van der Waals surface area (Å²) in [5.74, 6) is -0.132. The number of hydrogen-bond acceptors (Lipinski definition) is 22. The molecule has 2 unspecified atom stereocenters. The lowest BCUT2D eigenvalue weighted by molar-refractivity contribution is -0.384. The van der Waals surface area contributed by atoms with Gasteiger partial charge in [-0.1, -0.05) is 105 Å². The van der Waals surface area contributed by atoms with Crippen LogP contribution < -0.4 is 15.4 Å². The summed E-state index contributed by atoms with van der Waals surface area (Å²) in [6.45, 7) is 7.89. The molecule has 516 valence electrons. The zero-order valence-electron chi connectivity index (χ0n) is 53.1. The van der Waals surface area contributed by atoms with Gasteiger partial charge in [-0.25, -0.2) is 26.4 Å². The smallest absolute Gasteiger partial charge is 0.443 e. The van der Waals surface area contributed by atoms with Crippen LogP contribution in [0.1, 0.15) is 67.7 Å². The van der Waals surface area contributed by atoms with Gasteiger partial charge in [0.15, 0.2) is 12.6 Å². The van der Waals surface area contributed by atoms with Gasteiger partial charge in [-0.05, 0) is 113 Å². The average Bonchev–Trinajstić information content (AvgIpc) is 1.46. The molecule has 6 aliphatic heterocycles. The largest absolute Gasteiger partial charge is 0.514 e. The maximum absolute atomic E-state index is 13.7. The van der Waals surface area contributed by atoms with E-state index in [-0.39, 0.29) is 89.9 Å². The molecule has 0 radical (unpaired) electrons. The second-order valence-electron chi connectivity index (χ2n) is 23.8. The minimum absolute atomic E-state index is 0.0365. The van der Waals surface area contributed by atoms with Gasteiger partial charge in [0, 0.05) is 45.5 Å². The molecule has 0 saturated carbocycles. The predicted molar refractivity (Wildman–Crippen MR) is 339 cm³/mol. The van der Waals surface area contributed by atoms with Crippen LogP contribution in [-0.4, -0.2) is 186 Å². The molecule has 6 saturated heterocycles. The van der Waals surface area contributed by atoms with Crippen LogP contribution in [0.25, 0.3) is 0 Å². The predicted octanol–water partition coefficient (Wildman–Crippen LogP) is 6.63. The molecule has 95 heavy (non-hydrogen) atoms. The van der Waals surface area contributed by atoms with Gasteiger partial charge in [-0.15, -0.1) is 0 Å². The highest BCUT2D eigenvalue weighted by Crippen LogP contribution is 2.35. The zero-order valence-corrected chi connectivity index (χ0v) is 54.7. The number of aryl methyl sites for hydroxylation is 2. The van der Waals surface area contributed by atoms with Crippen molar-refractivity contribution in [2.24, 2.45) is 11.8 Å². The molecule has 0 bridgehead atoms. The van der Waals surface area contributed by atoms with Gasteiger partial charge < -0.3 is 63.5 Å². The summed E-state index contributed by atoms with van der Waals surface area (Å²) in [5.41, 5.74) is 3.53. The van der Waals surface area contributed by atoms with Gasteiger partial charge >= 0.3 is 12.2 Å². The number of hydroxylamine groups is 2. The molecule has 27 nitrogen and oxygen atoms in total. The molecule has 5 aromatic rings. The first-order valence-electron chi connectivity index (χ1n) is 31.6. The first-order valence-corrected chi connectivity index (χ1v) is 34.5. The monoisotopic (exact) mass is 1360 g/mol. The van der Waals surface area contributed by atoms with Crippen molar-refractivity contribution in [1.82, 2.24) is 19.6 Å². The Labute approximate surface area is 552 Å². The maximum atomic E-state index is 13.7. The number of aliphatic hydroxyl groups excluding tert-OH is 2. The number of sulfonamides is 2. The first kappa shape index (κ1) is 72.2. The number of nitro groups is 1. The Balaban J connectivity index is 0.000000176. The van der Waals surface area contributed by atoms with E-state index in [1.807, 2.05) is 74.5 Å². The number of hydrogen-bond donors (Lipinski definition) is 4. The summed E-state index contributed by atoms with van der Waals surface area (Å²) in [7, 11) is -8.19. The zero-order chi connectivity index (χ0) is 67.5. The lowest BCUT2D eigenvalue weighted by atomic mass is 10.0. The number of non-ortho nitro benzene ring substituents is 1. The number of aliphatic hydroxyl groups is 2. The molecule has 29 heteroatoms. The number of ether oxygens (including phenoxy) is 9. The van der Waals surface area contributed by atoms with Crippen LogP contribution in [0.2, 0.25) is 0 Å². The van der Waals surface area contributed by atoms with E-state index in [4.69, 9.17) is 52.3 Å². The Hall–Kier alpha value is -7.07. The quantitative estimate of drug-likeness (QED) is 0.0218. The fourth-order valence-corrected chi connectivity index (χ4v) is 14.0. The Kier molecular flexibility index (Phi) is 26.4. The van der Waals surface area contributed by atoms with Gasteiger partial charge in [0.05, 0.1) is 103 Å². The first-order chi connectivity index (χ1) is 45.7. The Bertz CT molecular complexity index is 3480. The number of fused-ring (bicyclic) bond motifs is 2. The van der Waals surface area contributed by atoms with Crippen molar-refractivity contribution in [3.05, 3.63) is 166 Å². The molecule has 0 spiro atoms. The number of benzene rings is 5. The molecule has 4 N–H and O–H groups in total. The summed E-state index contributed by atoms with van der Waals surface area (Å²) in [6.07, 6.45) is -2.15. The number of rotatable bonds is 24. The van der Waals surface area contributed by atoms with Crippen LogP contribution >= 0.6 is 0 Å². The van der Waals surface area contributed by atoms with E-state index < -0.39 is 80.3 Å². The minimum atomic E-state index is -4.14. The number of alkyl carbamates (subject to hydrolysis) is 1. The molecule has 2 amide bonds. The van der Waals surface area contributed by atoms with E-state index in [0.29, 0.717) is 71.7 Å². The third-order valence-electron chi connectivity index (χ3n) is 16.7. The van der Waals surface area contributed by atoms with Gasteiger partial charge in [0.1, 0.15) is 18.0 Å². The molecule has 11 rings (SSSR count). The number of nitrogens with zero attached hydrogens (tertiary/aromatic N) is 3. The minimum Gasteiger partial charge on any atom is -0.443 e. The van der Waals surface area contributed by atoms with Gasteiger partial charge in [0.2, 0.25) is 5.91 Å². The average molecular weight is 1360 g/mol. The molecule has 5 aromatic carbocycles. The maximum Gasteiger partial charge on any atom is 0.514 e. The summed E-state index contributed by atoms with van der Waals surface area (Å²) in [6, 6.07) is 35.2. The highest BCUT2D eigenvalue weighted by atomic mass is 32.2. The molecular formula is C66H83N5O22S2. The van der Waals surface area contributed by atoms with Crippen LogP contribution in [0.3, 0.4) is 0 Å². The highest BCUT2D eigenvalue weighted by Gasteiger charge is 2.46. The van der Waals surface area contributed by atoms with E-state index in [1.165, 1.54) is 55.5 Å². The number of nitro benzene ring substituents is 1. The Morgan fingerprint density at radius 2 is 0.989 bits per heavy atom. The van der Waals surface area contributed by atoms with Crippen molar-refractivity contribution in [2.45, 2.75) is 143 Å². The number of carbonyl (C=O) groups is 3. The number of nitrogens with one attached hydrogen (secondary N) is 2. The van der Waals surface area contributed by atoms with Crippen molar-refractivity contribution < 1.29 is 98.7 Å². The molecule has 0 aromatic heterocycles. The fraction of sp³-hybridized carbons (Fsp3) is 0.500. The molecule has 6 aliphatic rings. The van der Waals surface area contributed by atoms with Crippen LogP contribution in [0.5, 0.6) is 5.75 Å². The van der Waals surface area contributed by atoms with Crippen molar-refractivity contribution >= 4 is 43.9 Å². The number of amides is 2. The van der Waals surface area contributed by atoms with Gasteiger partial charge in [-0.3, -0.25) is 24.6 Å². The summed E-state index contributed by atoms with van der Waals surface area (Å²) in [4.78, 5) is 58.6. The van der Waals surface area contributed by atoms with Crippen molar-refractivity contribution in [3.63, 3.8) is 0 Å². The SMILES string of the molecule is CC(=O)N[C@@H](Cc1ccccc1)[C@H](O)CN(OC1CCOCC1)S(=O)(=O)c1ccc(C)cc1.Cc1ccc(S(=O)(=O)N(C[C@@H](O)[C@H](Cc2ccccc2)NC(=O)OC2CO[C@H]3OCC[C@@H]23)OC2CCOCC2)cc1.O=C(Oc1ccc([N+](=O)[O-])cc1)OC1CO[C@H]2OCC[C@@H]12. The fourth-order valence-electron chi connectivity index (χ4n) is 11.4. The van der Waals surface area contributed by atoms with Gasteiger partial charge in [-0.2, -0.15) is 0 Å². The second kappa shape index (κ2) is 34.7. The molecule has 10 atom stereocenters. The Morgan fingerprint density at radius 3 is 1.41 bits per heavy atom.